The van der Waals surface area contributed by atoms with Crippen molar-refractivity contribution in [3.8, 4) is 17.2 Å². The van der Waals surface area contributed by atoms with Crippen LogP contribution in [0.25, 0.3) is 0 Å². The Labute approximate surface area is 194 Å². The number of ether oxygens (including phenoxy) is 3. The van der Waals surface area contributed by atoms with Crippen LogP contribution in [-0.4, -0.2) is 18.5 Å². The summed E-state index contributed by atoms with van der Waals surface area (Å²) in [5, 5.41) is 0. The van der Waals surface area contributed by atoms with Crippen molar-refractivity contribution in [2.75, 3.05) is 6.61 Å². The first-order valence-corrected chi connectivity index (χ1v) is 11.1. The van der Waals surface area contributed by atoms with E-state index in [9.17, 15) is 9.59 Å². The first-order chi connectivity index (χ1) is 16.1. The molecule has 0 fully saturated rings. The van der Waals surface area contributed by atoms with Crippen LogP contribution in [0.3, 0.4) is 0 Å². The highest BCUT2D eigenvalue weighted by molar-refractivity contribution is 5.92. The monoisotopic (exact) mass is 444 g/mol. The van der Waals surface area contributed by atoms with Gasteiger partial charge in [0.15, 0.2) is 0 Å². The van der Waals surface area contributed by atoms with Crippen LogP contribution in [0, 0.1) is 0 Å². The maximum Gasteiger partial charge on any atom is 0.343 e. The van der Waals surface area contributed by atoms with Crippen LogP contribution in [-0.2, 0) is 6.42 Å². The second-order valence-corrected chi connectivity index (χ2v) is 7.53. The van der Waals surface area contributed by atoms with Crippen LogP contribution in [0.4, 0.5) is 0 Å². The van der Waals surface area contributed by atoms with Crippen LogP contribution in [0.1, 0.15) is 52.5 Å². The quantitative estimate of drug-likeness (QED) is 0.148. The maximum absolute atomic E-state index is 12.4. The molecule has 5 heteroatoms. The number of hydrogen-bond acceptors (Lipinski definition) is 5. The summed E-state index contributed by atoms with van der Waals surface area (Å²) in [6.07, 6.45) is 6.19. The Bertz CT molecular complexity index is 1050. The standard InChI is InChI=1S/C28H28O5/c1-3-5-6-7-21-8-10-22(11-9-21)27(29)32-25-16-18-26(19-17-25)33-28(30)23-12-14-24(15-13-23)31-20-4-2/h4,8-19H,2-3,5-7,20H2,1H3. The molecule has 0 heterocycles. The highest BCUT2D eigenvalue weighted by atomic mass is 16.5. The summed E-state index contributed by atoms with van der Waals surface area (Å²) in [5.41, 5.74) is 2.10. The van der Waals surface area contributed by atoms with Crippen LogP contribution >= 0.6 is 0 Å². The van der Waals surface area contributed by atoms with Gasteiger partial charge in [-0.05, 0) is 79.1 Å². The number of carbonyl (C=O) groups excluding carboxylic acids is 2. The smallest absolute Gasteiger partial charge is 0.343 e. The molecule has 0 aromatic heterocycles. The third-order valence-corrected chi connectivity index (χ3v) is 4.96. The van der Waals surface area contributed by atoms with Crippen molar-refractivity contribution >= 4 is 11.9 Å². The highest BCUT2D eigenvalue weighted by Crippen LogP contribution is 2.21. The number of carbonyl (C=O) groups is 2. The number of aryl methyl sites for hydroxylation is 1. The van der Waals surface area contributed by atoms with Crippen molar-refractivity contribution in [1.29, 1.82) is 0 Å². The molecule has 0 unspecified atom stereocenters. The molecule has 0 saturated carbocycles. The fourth-order valence-electron chi connectivity index (χ4n) is 3.14. The fraction of sp³-hybridized carbons (Fsp3) is 0.214. The molecule has 0 aliphatic rings. The van der Waals surface area contributed by atoms with Gasteiger partial charge in [0.1, 0.15) is 23.9 Å². The van der Waals surface area contributed by atoms with Crippen molar-refractivity contribution < 1.29 is 23.8 Å². The predicted octanol–water partition coefficient (Wildman–Crippen LogP) is 6.42. The van der Waals surface area contributed by atoms with Gasteiger partial charge in [-0.3, -0.25) is 0 Å². The summed E-state index contributed by atoms with van der Waals surface area (Å²) in [7, 11) is 0. The third-order valence-electron chi connectivity index (χ3n) is 4.96. The van der Waals surface area contributed by atoms with Crippen molar-refractivity contribution in [2.45, 2.75) is 32.6 Å². The Hall–Kier alpha value is -3.86. The van der Waals surface area contributed by atoms with Gasteiger partial charge >= 0.3 is 11.9 Å². The molecular weight excluding hydrogens is 416 g/mol. The molecule has 0 atom stereocenters. The summed E-state index contributed by atoms with van der Waals surface area (Å²) in [5.74, 6) is 0.440. The molecule has 0 saturated heterocycles. The second-order valence-electron chi connectivity index (χ2n) is 7.53. The van der Waals surface area contributed by atoms with Crippen molar-refractivity contribution in [3.63, 3.8) is 0 Å². The van der Waals surface area contributed by atoms with Crippen molar-refractivity contribution in [3.05, 3.63) is 102 Å². The van der Waals surface area contributed by atoms with E-state index in [0.717, 1.165) is 12.8 Å². The second kappa shape index (κ2) is 12.2. The SMILES string of the molecule is C=CCOc1ccc(C(=O)Oc2ccc(OC(=O)c3ccc(CCCCC)cc3)cc2)cc1. The van der Waals surface area contributed by atoms with E-state index >= 15 is 0 Å². The molecule has 0 aliphatic carbocycles. The van der Waals surface area contributed by atoms with Gasteiger partial charge in [0.05, 0.1) is 11.1 Å². The maximum atomic E-state index is 12.4. The first-order valence-electron chi connectivity index (χ1n) is 11.1. The van der Waals surface area contributed by atoms with E-state index in [1.54, 1.807) is 66.7 Å². The van der Waals surface area contributed by atoms with Crippen LogP contribution < -0.4 is 14.2 Å². The minimum atomic E-state index is -0.492. The molecule has 0 spiro atoms. The number of hydrogen-bond donors (Lipinski definition) is 0. The van der Waals surface area contributed by atoms with Gasteiger partial charge in [0.2, 0.25) is 0 Å². The molecule has 33 heavy (non-hydrogen) atoms. The summed E-state index contributed by atoms with van der Waals surface area (Å²) in [4.78, 5) is 24.7. The third kappa shape index (κ3) is 7.35. The summed E-state index contributed by atoms with van der Waals surface area (Å²) in [6, 6.07) is 20.5. The molecule has 0 amide bonds. The molecule has 5 nitrogen and oxygen atoms in total. The van der Waals surface area contributed by atoms with Crippen molar-refractivity contribution in [2.24, 2.45) is 0 Å². The Kier molecular flexibility index (Phi) is 8.83. The molecular formula is C28H28O5. The number of rotatable bonds is 11. The predicted molar refractivity (Wildman–Crippen MR) is 128 cm³/mol. The van der Waals surface area contributed by atoms with E-state index in [2.05, 4.69) is 13.5 Å². The molecule has 0 aliphatic heterocycles. The number of benzene rings is 3. The summed E-state index contributed by atoms with van der Waals surface area (Å²) < 4.78 is 16.2. The van der Waals surface area contributed by atoms with E-state index < -0.39 is 11.9 Å². The van der Waals surface area contributed by atoms with Gasteiger partial charge in [-0.1, -0.05) is 44.6 Å². The zero-order valence-corrected chi connectivity index (χ0v) is 18.8. The number of esters is 2. The molecule has 0 N–H and O–H groups in total. The molecule has 0 radical (unpaired) electrons. The Morgan fingerprint density at radius 1 is 0.727 bits per heavy atom. The minimum Gasteiger partial charge on any atom is -0.490 e. The van der Waals surface area contributed by atoms with E-state index in [0.29, 0.717) is 35.0 Å². The zero-order valence-electron chi connectivity index (χ0n) is 18.8. The zero-order chi connectivity index (χ0) is 23.5. The first kappa shape index (κ1) is 23.8. The normalized spacial score (nSPS) is 10.3. The lowest BCUT2D eigenvalue weighted by atomic mass is 10.1. The average molecular weight is 445 g/mol. The van der Waals surface area contributed by atoms with Gasteiger partial charge < -0.3 is 14.2 Å². The summed E-state index contributed by atoms with van der Waals surface area (Å²) in [6.45, 7) is 6.16. The average Bonchev–Trinajstić information content (AvgIpc) is 2.85. The van der Waals surface area contributed by atoms with E-state index in [1.807, 2.05) is 12.1 Å². The fourth-order valence-corrected chi connectivity index (χ4v) is 3.14. The van der Waals surface area contributed by atoms with Gasteiger partial charge in [-0.25, -0.2) is 9.59 Å². The van der Waals surface area contributed by atoms with Gasteiger partial charge in [-0.2, -0.15) is 0 Å². The van der Waals surface area contributed by atoms with Gasteiger partial charge in [-0.15, -0.1) is 0 Å². The van der Waals surface area contributed by atoms with E-state index in [1.165, 1.54) is 18.4 Å². The largest absolute Gasteiger partial charge is 0.490 e. The van der Waals surface area contributed by atoms with Crippen LogP contribution in [0.15, 0.2) is 85.5 Å². The highest BCUT2D eigenvalue weighted by Gasteiger charge is 2.11. The lowest BCUT2D eigenvalue weighted by Crippen LogP contribution is -2.09. The minimum absolute atomic E-state index is 0.350. The number of unbranched alkanes of at least 4 members (excludes halogenated alkanes) is 2. The van der Waals surface area contributed by atoms with Gasteiger partial charge in [0, 0.05) is 0 Å². The van der Waals surface area contributed by atoms with E-state index in [-0.39, 0.29) is 0 Å². The topological polar surface area (TPSA) is 61.8 Å². The molecule has 0 bridgehead atoms. The summed E-state index contributed by atoms with van der Waals surface area (Å²) >= 11 is 0. The Morgan fingerprint density at radius 2 is 1.21 bits per heavy atom. The molecule has 3 rings (SSSR count). The van der Waals surface area contributed by atoms with Gasteiger partial charge in [0.25, 0.3) is 0 Å². The van der Waals surface area contributed by atoms with Crippen molar-refractivity contribution in [1.82, 2.24) is 0 Å². The Balaban J connectivity index is 1.52. The van der Waals surface area contributed by atoms with E-state index in [4.69, 9.17) is 14.2 Å². The molecule has 170 valence electrons. The molecule has 3 aromatic rings. The van der Waals surface area contributed by atoms with Crippen LogP contribution in [0.2, 0.25) is 0 Å². The lowest BCUT2D eigenvalue weighted by molar-refractivity contribution is 0.0719. The lowest BCUT2D eigenvalue weighted by Gasteiger charge is -2.08. The Morgan fingerprint density at radius 3 is 1.70 bits per heavy atom. The molecule has 3 aromatic carbocycles. The van der Waals surface area contributed by atoms with Crippen LogP contribution in [0.5, 0.6) is 17.2 Å².